The first-order valence-corrected chi connectivity index (χ1v) is 21.2. The van der Waals surface area contributed by atoms with Crippen molar-refractivity contribution in [1.82, 2.24) is 7.94 Å². The van der Waals surface area contributed by atoms with Crippen molar-refractivity contribution in [3.8, 4) is 0 Å². The van der Waals surface area contributed by atoms with E-state index < -0.39 is 20.0 Å². The number of benzene rings is 4. The Morgan fingerprint density at radius 2 is 1.11 bits per heavy atom. The minimum atomic E-state index is -3.87. The van der Waals surface area contributed by atoms with Crippen LogP contribution in [0.1, 0.15) is 94.8 Å². The number of carbonyl (C=O) groups excluding carboxylic acids is 4. The van der Waals surface area contributed by atoms with Crippen molar-refractivity contribution in [1.29, 1.82) is 0 Å². The number of fused-ring (bicyclic) bond motifs is 2. The number of carbonyl (C=O) groups is 4. The van der Waals surface area contributed by atoms with E-state index in [1.807, 2.05) is 19.9 Å². The van der Waals surface area contributed by atoms with Gasteiger partial charge in [0.2, 0.25) is 0 Å². The molecule has 1 fully saturated rings. The Balaban J connectivity index is 0.000000172. The first-order chi connectivity index (χ1) is 26.6. The van der Waals surface area contributed by atoms with Crippen LogP contribution >= 0.6 is 0 Å². The molecule has 0 amide bonds. The fourth-order valence-electron chi connectivity index (χ4n) is 7.62. The zero-order valence-electron chi connectivity index (χ0n) is 31.4. The summed E-state index contributed by atoms with van der Waals surface area (Å²) < 4.78 is 55.4. The zero-order valence-corrected chi connectivity index (χ0v) is 33.0. The van der Waals surface area contributed by atoms with Gasteiger partial charge in [0.05, 0.1) is 20.8 Å². The van der Waals surface area contributed by atoms with Crippen molar-refractivity contribution in [3.05, 3.63) is 137 Å². The predicted molar refractivity (Wildman–Crippen MR) is 215 cm³/mol. The smallest absolute Gasteiger partial charge is 0.268 e. The van der Waals surface area contributed by atoms with Crippen LogP contribution in [0.25, 0.3) is 27.4 Å². The topological polar surface area (TPSA) is 146 Å². The third-order valence-electron chi connectivity index (χ3n) is 10.6. The third kappa shape index (κ3) is 6.99. The van der Waals surface area contributed by atoms with Crippen LogP contribution in [0.4, 0.5) is 0 Å². The maximum atomic E-state index is 13.3. The quantitative estimate of drug-likeness (QED) is 0.140. The number of hydrogen-bond acceptors (Lipinski definition) is 8. The van der Waals surface area contributed by atoms with E-state index in [0.29, 0.717) is 53.2 Å². The van der Waals surface area contributed by atoms with E-state index in [1.54, 1.807) is 84.9 Å². The molecule has 6 aromatic rings. The Morgan fingerprint density at radius 1 is 0.607 bits per heavy atom. The van der Waals surface area contributed by atoms with E-state index in [1.165, 1.54) is 34.2 Å². The summed E-state index contributed by atoms with van der Waals surface area (Å²) in [5.41, 5.74) is 5.97. The molecule has 0 spiro atoms. The summed E-state index contributed by atoms with van der Waals surface area (Å²) in [7, 11) is -7.72. The molecule has 2 aromatic heterocycles. The lowest BCUT2D eigenvalue weighted by molar-refractivity contribution is -0.117. The highest BCUT2D eigenvalue weighted by Crippen LogP contribution is 2.39. The van der Waals surface area contributed by atoms with Gasteiger partial charge in [0.15, 0.2) is 17.3 Å². The maximum Gasteiger partial charge on any atom is 0.268 e. The lowest BCUT2D eigenvalue weighted by Crippen LogP contribution is -2.14. The van der Waals surface area contributed by atoms with Gasteiger partial charge in [-0.25, -0.2) is 24.8 Å². The molecular weight excluding hydrogens is 749 g/mol. The first kappa shape index (κ1) is 38.6. The summed E-state index contributed by atoms with van der Waals surface area (Å²) in [6.07, 6.45) is 7.42. The second-order valence-electron chi connectivity index (χ2n) is 14.5. The van der Waals surface area contributed by atoms with E-state index in [9.17, 15) is 36.0 Å². The minimum absolute atomic E-state index is 0.0607. The molecule has 2 aliphatic rings. The number of ketones is 4. The second-order valence-corrected chi connectivity index (χ2v) is 18.1. The SMILES string of the molecule is CC(=O)c1ccc(C2=CC(=O)CC2)c2ccn(S(=O)(=O)c3ccc(C)cc3)c12.CC(=O)c1ccc([C@@H]2CCC(=O)C2)c2ccn(S(=O)(=O)c3ccc(C)cc3)c12. The van der Waals surface area contributed by atoms with Gasteiger partial charge in [-0.15, -0.1) is 0 Å². The molecule has 286 valence electrons. The minimum Gasteiger partial charge on any atom is -0.300 e. The molecule has 56 heavy (non-hydrogen) atoms. The van der Waals surface area contributed by atoms with Gasteiger partial charge in [0, 0.05) is 53.6 Å². The summed E-state index contributed by atoms with van der Waals surface area (Å²) in [6.45, 7) is 6.63. The number of allylic oxidation sites excluding steroid dienone is 2. The number of rotatable bonds is 8. The van der Waals surface area contributed by atoms with Crippen LogP contribution in [0, 0.1) is 13.8 Å². The van der Waals surface area contributed by atoms with Gasteiger partial charge in [-0.3, -0.25) is 19.2 Å². The summed E-state index contributed by atoms with van der Waals surface area (Å²) in [4.78, 5) is 48.2. The van der Waals surface area contributed by atoms with Crippen molar-refractivity contribution in [2.45, 2.75) is 75.5 Å². The van der Waals surface area contributed by atoms with Crippen LogP contribution in [0.5, 0.6) is 0 Å². The van der Waals surface area contributed by atoms with E-state index in [0.717, 1.165) is 39.6 Å². The molecule has 0 N–H and O–H groups in total. The highest BCUT2D eigenvalue weighted by atomic mass is 32.2. The fourth-order valence-corrected chi connectivity index (χ4v) is 10.4. The molecule has 2 aliphatic carbocycles. The van der Waals surface area contributed by atoms with Crippen molar-refractivity contribution >= 4 is 70.6 Å². The number of aryl methyl sites for hydroxylation is 2. The highest BCUT2D eigenvalue weighted by Gasteiger charge is 2.29. The lowest BCUT2D eigenvalue weighted by Gasteiger charge is -2.14. The number of nitrogens with zero attached hydrogens (tertiary/aromatic N) is 2. The van der Waals surface area contributed by atoms with Crippen LogP contribution in [-0.4, -0.2) is 47.9 Å². The van der Waals surface area contributed by atoms with E-state index in [4.69, 9.17) is 0 Å². The Bertz CT molecular complexity index is 2860. The van der Waals surface area contributed by atoms with E-state index in [-0.39, 0.29) is 38.8 Å². The highest BCUT2D eigenvalue weighted by molar-refractivity contribution is 7.90. The Labute approximate surface area is 325 Å². The average molecular weight is 789 g/mol. The van der Waals surface area contributed by atoms with Crippen LogP contribution in [0.3, 0.4) is 0 Å². The fraction of sp³-hybridized carbons (Fsp3) is 0.227. The predicted octanol–water partition coefficient (Wildman–Crippen LogP) is 8.36. The molecule has 0 saturated heterocycles. The van der Waals surface area contributed by atoms with Crippen molar-refractivity contribution in [2.24, 2.45) is 0 Å². The van der Waals surface area contributed by atoms with Crippen LogP contribution in [-0.2, 0) is 29.6 Å². The summed E-state index contributed by atoms with van der Waals surface area (Å²) in [5, 5.41) is 1.38. The van der Waals surface area contributed by atoms with Crippen LogP contribution < -0.4 is 0 Å². The number of aromatic nitrogens is 2. The second kappa shape index (κ2) is 14.7. The number of Topliss-reactive ketones (excluding diaryl/α,β-unsaturated/α-hetero) is 3. The molecule has 0 unspecified atom stereocenters. The van der Waals surface area contributed by atoms with Gasteiger partial charge < -0.3 is 0 Å². The van der Waals surface area contributed by atoms with Crippen LogP contribution in [0.2, 0.25) is 0 Å². The standard InChI is InChI=1S/C22H21NO4S.C22H19NO4S/c2*1-14-3-7-18(8-4-14)28(26,27)23-12-11-21-20(16-5-6-17(25)13-16)10-9-19(15(2)24)22(21)23/h3-4,7-12,16H,5-6,13H2,1-2H3;3-4,7-13H,5-6H2,1-2H3/t16-;/m1./s1. The molecule has 2 heterocycles. The van der Waals surface area contributed by atoms with Gasteiger partial charge in [0.25, 0.3) is 20.0 Å². The molecule has 8 rings (SSSR count). The van der Waals surface area contributed by atoms with Gasteiger partial charge in [-0.2, -0.15) is 0 Å². The lowest BCUT2D eigenvalue weighted by atomic mass is 9.92. The first-order valence-electron chi connectivity index (χ1n) is 18.3. The van der Waals surface area contributed by atoms with Gasteiger partial charge in [0.1, 0.15) is 5.78 Å². The van der Waals surface area contributed by atoms with E-state index >= 15 is 0 Å². The molecule has 1 saturated carbocycles. The van der Waals surface area contributed by atoms with Gasteiger partial charge in [-0.1, -0.05) is 47.5 Å². The Kier molecular flexibility index (Phi) is 10.1. The third-order valence-corrected chi connectivity index (χ3v) is 14.0. The Morgan fingerprint density at radius 3 is 1.57 bits per heavy atom. The number of hydrogen-bond donors (Lipinski definition) is 0. The monoisotopic (exact) mass is 788 g/mol. The Hall–Kier alpha value is -5.72. The molecule has 4 aromatic carbocycles. The van der Waals surface area contributed by atoms with E-state index in [2.05, 4.69) is 0 Å². The summed E-state index contributed by atoms with van der Waals surface area (Å²) >= 11 is 0. The van der Waals surface area contributed by atoms with Gasteiger partial charge >= 0.3 is 0 Å². The van der Waals surface area contributed by atoms with Crippen LogP contribution in [0.15, 0.2) is 113 Å². The summed E-state index contributed by atoms with van der Waals surface area (Å²) in [5.74, 6) is -0.0647. The average Bonchev–Trinajstić information content (AvgIpc) is 3.98. The van der Waals surface area contributed by atoms with Crippen molar-refractivity contribution in [3.63, 3.8) is 0 Å². The molecular formula is C44H40N2O8S2. The molecule has 0 bridgehead atoms. The normalized spacial score (nSPS) is 15.9. The zero-order chi connectivity index (χ0) is 40.1. The van der Waals surface area contributed by atoms with Crippen molar-refractivity contribution in [2.75, 3.05) is 0 Å². The van der Waals surface area contributed by atoms with Crippen molar-refractivity contribution < 1.29 is 36.0 Å². The largest absolute Gasteiger partial charge is 0.300 e. The van der Waals surface area contributed by atoms with Gasteiger partial charge in [-0.05, 0) is 118 Å². The maximum absolute atomic E-state index is 13.3. The molecule has 0 radical (unpaired) electrons. The molecule has 1 atom stereocenters. The summed E-state index contributed by atoms with van der Waals surface area (Å²) in [6, 6.07) is 23.7. The molecule has 10 nitrogen and oxygen atoms in total. The molecule has 0 aliphatic heterocycles. The molecule has 12 heteroatoms.